The standard InChI is InChI=1S/C23H23F3N6O2S/c1-14-11-20(23(24,25)26)28-32(14)29-22(33)31-9-7-16(8-10-31)21-27-18(13-35-21)17-12-19(34-30-17)15-5-3-2-4-6-15/h2-6,11-13,16,19,30H,7-10H2,1H3,(H,29,33). The van der Waals surface area contributed by atoms with E-state index >= 15 is 0 Å². The molecule has 1 aromatic carbocycles. The summed E-state index contributed by atoms with van der Waals surface area (Å²) in [6.07, 6.45) is -1.32. The fourth-order valence-electron chi connectivity index (χ4n) is 4.11. The molecule has 184 valence electrons. The number of urea groups is 1. The molecular formula is C23H23F3N6O2S. The molecule has 3 aromatic rings. The van der Waals surface area contributed by atoms with E-state index in [0.29, 0.717) is 25.9 Å². The predicted molar refractivity (Wildman–Crippen MR) is 124 cm³/mol. The van der Waals surface area contributed by atoms with Gasteiger partial charge in [-0.3, -0.25) is 10.3 Å². The number of hydrogen-bond acceptors (Lipinski definition) is 6. The zero-order chi connectivity index (χ0) is 24.6. The first kappa shape index (κ1) is 23.4. The molecule has 8 nitrogen and oxygen atoms in total. The maximum Gasteiger partial charge on any atom is 0.435 e. The number of alkyl halides is 3. The van der Waals surface area contributed by atoms with Crippen LogP contribution >= 0.6 is 11.3 Å². The number of carbonyl (C=O) groups excluding carboxylic acids is 1. The van der Waals surface area contributed by atoms with E-state index in [-0.39, 0.29) is 17.7 Å². The molecule has 1 fully saturated rings. The van der Waals surface area contributed by atoms with Crippen LogP contribution in [0.4, 0.5) is 18.0 Å². The first-order chi connectivity index (χ1) is 16.8. The molecule has 0 aliphatic carbocycles. The summed E-state index contributed by atoms with van der Waals surface area (Å²) >= 11 is 1.57. The van der Waals surface area contributed by atoms with Crippen molar-refractivity contribution in [3.63, 3.8) is 0 Å². The molecule has 2 amide bonds. The number of nitrogens with one attached hydrogen (secondary N) is 2. The van der Waals surface area contributed by atoms with Crippen LogP contribution in [0.2, 0.25) is 0 Å². The van der Waals surface area contributed by atoms with Crippen LogP contribution in [0.1, 0.15) is 52.5 Å². The van der Waals surface area contributed by atoms with Gasteiger partial charge in [0, 0.05) is 24.4 Å². The maximum atomic E-state index is 12.9. The lowest BCUT2D eigenvalue weighted by Gasteiger charge is -2.31. The van der Waals surface area contributed by atoms with Gasteiger partial charge in [0.1, 0.15) is 6.10 Å². The molecule has 2 aliphatic heterocycles. The number of aryl methyl sites for hydroxylation is 1. The summed E-state index contributed by atoms with van der Waals surface area (Å²) in [6, 6.07) is 10.3. The summed E-state index contributed by atoms with van der Waals surface area (Å²) in [5, 5.41) is 6.43. The van der Waals surface area contributed by atoms with Crippen LogP contribution in [0.25, 0.3) is 5.70 Å². The third-order valence-corrected chi connectivity index (χ3v) is 7.06. The third kappa shape index (κ3) is 5.03. The molecule has 1 saturated heterocycles. The van der Waals surface area contributed by atoms with Crippen molar-refractivity contribution in [1.82, 2.24) is 25.3 Å². The van der Waals surface area contributed by atoms with Crippen LogP contribution in [0, 0.1) is 6.92 Å². The lowest BCUT2D eigenvalue weighted by Crippen LogP contribution is -2.43. The van der Waals surface area contributed by atoms with Gasteiger partial charge < -0.3 is 4.90 Å². The quantitative estimate of drug-likeness (QED) is 0.532. The highest BCUT2D eigenvalue weighted by Crippen LogP contribution is 2.34. The first-order valence-electron chi connectivity index (χ1n) is 11.1. The van der Waals surface area contributed by atoms with E-state index in [1.54, 1.807) is 16.2 Å². The zero-order valence-electron chi connectivity index (χ0n) is 18.7. The molecule has 5 rings (SSSR count). The largest absolute Gasteiger partial charge is 0.435 e. The van der Waals surface area contributed by atoms with E-state index in [9.17, 15) is 18.0 Å². The molecule has 35 heavy (non-hydrogen) atoms. The summed E-state index contributed by atoms with van der Waals surface area (Å²) in [5.74, 6) is 0.203. The van der Waals surface area contributed by atoms with E-state index < -0.39 is 17.9 Å². The summed E-state index contributed by atoms with van der Waals surface area (Å²) in [7, 11) is 0. The average molecular weight is 505 g/mol. The van der Waals surface area contributed by atoms with Crippen LogP contribution in [0.5, 0.6) is 0 Å². The normalized spacial score (nSPS) is 18.9. The molecule has 2 N–H and O–H groups in total. The van der Waals surface area contributed by atoms with Crippen molar-refractivity contribution in [3.05, 3.63) is 75.5 Å². The predicted octanol–water partition coefficient (Wildman–Crippen LogP) is 4.83. The molecule has 2 aliphatic rings. The number of carbonyl (C=O) groups is 1. The van der Waals surface area contributed by atoms with Gasteiger partial charge in [0.05, 0.1) is 22.1 Å². The van der Waals surface area contributed by atoms with Crippen molar-refractivity contribution in [2.45, 2.75) is 38.0 Å². The number of rotatable bonds is 4. The van der Waals surface area contributed by atoms with E-state index in [1.165, 1.54) is 6.92 Å². The number of thiazole rings is 1. The molecule has 2 aromatic heterocycles. The number of hydrogen-bond donors (Lipinski definition) is 2. The molecule has 0 bridgehead atoms. The fraction of sp³-hybridized carbons (Fsp3) is 0.348. The van der Waals surface area contributed by atoms with Gasteiger partial charge in [-0.2, -0.15) is 18.0 Å². The van der Waals surface area contributed by atoms with Crippen LogP contribution in [0.3, 0.4) is 0 Å². The molecule has 0 saturated carbocycles. The molecular weight excluding hydrogens is 481 g/mol. The van der Waals surface area contributed by atoms with Gasteiger partial charge in [-0.25, -0.2) is 15.2 Å². The SMILES string of the molecule is Cc1cc(C(F)(F)F)nn1NC(=O)N1CCC(c2nc(C3=CC(c4ccccc4)ON3)cs2)CC1. The minimum Gasteiger partial charge on any atom is -0.323 e. The minimum atomic E-state index is -4.57. The second kappa shape index (κ2) is 9.34. The number of likely N-dealkylation sites (tertiary alicyclic amines) is 1. The number of benzene rings is 1. The Morgan fingerprint density at radius 3 is 2.66 bits per heavy atom. The number of halogens is 3. The Hall–Kier alpha value is -3.38. The van der Waals surface area contributed by atoms with Crippen LogP contribution in [0.15, 0.2) is 47.9 Å². The van der Waals surface area contributed by atoms with Crippen LogP contribution in [-0.4, -0.2) is 38.9 Å². The molecule has 1 atom stereocenters. The molecule has 12 heteroatoms. The average Bonchev–Trinajstić information content (AvgIpc) is 3.60. The van der Waals surface area contributed by atoms with E-state index in [1.807, 2.05) is 41.8 Å². The van der Waals surface area contributed by atoms with Crippen molar-refractivity contribution in [1.29, 1.82) is 0 Å². The van der Waals surface area contributed by atoms with Gasteiger partial charge in [0.25, 0.3) is 0 Å². The van der Waals surface area contributed by atoms with Gasteiger partial charge >= 0.3 is 12.2 Å². The van der Waals surface area contributed by atoms with E-state index in [4.69, 9.17) is 9.82 Å². The Morgan fingerprint density at radius 1 is 1.23 bits per heavy atom. The Bertz CT molecular complexity index is 1230. The van der Waals surface area contributed by atoms with Crippen molar-refractivity contribution in [2.75, 3.05) is 18.5 Å². The van der Waals surface area contributed by atoms with E-state index in [0.717, 1.165) is 32.8 Å². The van der Waals surface area contributed by atoms with Crippen molar-refractivity contribution >= 4 is 23.1 Å². The Kier molecular flexibility index (Phi) is 6.24. The first-order valence-corrected chi connectivity index (χ1v) is 12.0. The fourth-order valence-corrected chi connectivity index (χ4v) is 5.10. The second-order valence-corrected chi connectivity index (χ2v) is 9.35. The molecule has 0 radical (unpaired) electrons. The number of nitrogens with zero attached hydrogens (tertiary/aromatic N) is 4. The van der Waals surface area contributed by atoms with Crippen molar-refractivity contribution in [2.24, 2.45) is 0 Å². The molecule has 1 unspecified atom stereocenters. The number of aromatic nitrogens is 3. The molecule has 4 heterocycles. The van der Waals surface area contributed by atoms with Crippen molar-refractivity contribution in [3.8, 4) is 0 Å². The van der Waals surface area contributed by atoms with Gasteiger partial charge in [0.15, 0.2) is 5.69 Å². The number of amides is 2. The summed E-state index contributed by atoms with van der Waals surface area (Å²) in [4.78, 5) is 25.5. The Labute approximate surface area is 203 Å². The number of piperidine rings is 1. The second-order valence-electron chi connectivity index (χ2n) is 8.46. The monoisotopic (exact) mass is 504 g/mol. The Balaban J connectivity index is 1.17. The van der Waals surface area contributed by atoms with Crippen molar-refractivity contribution < 1.29 is 22.8 Å². The third-order valence-electron chi connectivity index (χ3n) is 6.05. The van der Waals surface area contributed by atoms with Crippen LogP contribution < -0.4 is 10.9 Å². The maximum absolute atomic E-state index is 12.9. The summed E-state index contributed by atoms with van der Waals surface area (Å²) < 4.78 is 38.6. The van der Waals surface area contributed by atoms with Crippen LogP contribution in [-0.2, 0) is 11.0 Å². The lowest BCUT2D eigenvalue weighted by atomic mass is 9.98. The summed E-state index contributed by atoms with van der Waals surface area (Å²) in [6.45, 7) is 2.40. The van der Waals surface area contributed by atoms with Gasteiger partial charge in [0.2, 0.25) is 0 Å². The molecule has 0 spiro atoms. The highest BCUT2D eigenvalue weighted by molar-refractivity contribution is 7.09. The summed E-state index contributed by atoms with van der Waals surface area (Å²) in [5.41, 5.74) is 7.25. The topological polar surface area (TPSA) is 84.3 Å². The smallest absolute Gasteiger partial charge is 0.323 e. The van der Waals surface area contributed by atoms with Gasteiger partial charge in [-0.15, -0.1) is 16.4 Å². The lowest BCUT2D eigenvalue weighted by molar-refractivity contribution is -0.141. The Morgan fingerprint density at radius 2 is 1.97 bits per heavy atom. The van der Waals surface area contributed by atoms with Gasteiger partial charge in [-0.05, 0) is 37.5 Å². The number of hydroxylamine groups is 1. The highest BCUT2D eigenvalue weighted by Gasteiger charge is 2.35. The minimum absolute atomic E-state index is 0.177. The zero-order valence-corrected chi connectivity index (χ0v) is 19.6. The highest BCUT2D eigenvalue weighted by atomic mass is 32.1. The van der Waals surface area contributed by atoms with Gasteiger partial charge in [-0.1, -0.05) is 30.3 Å². The van der Waals surface area contributed by atoms with E-state index in [2.05, 4.69) is 16.0 Å².